The van der Waals surface area contributed by atoms with E-state index in [0.717, 1.165) is 5.69 Å². The Kier molecular flexibility index (Phi) is 4.95. The molecule has 1 fully saturated rings. The average molecular weight is 325 g/mol. The van der Waals surface area contributed by atoms with Crippen molar-refractivity contribution in [1.82, 2.24) is 5.32 Å². The van der Waals surface area contributed by atoms with Crippen LogP contribution in [-0.4, -0.2) is 45.1 Å². The molecule has 2 amide bonds. The van der Waals surface area contributed by atoms with E-state index in [1.54, 1.807) is 0 Å². The van der Waals surface area contributed by atoms with E-state index in [1.807, 2.05) is 50.1 Å². The van der Waals surface area contributed by atoms with Crippen molar-refractivity contribution in [3.05, 3.63) is 24.3 Å². The van der Waals surface area contributed by atoms with Gasteiger partial charge in [0.05, 0.1) is 11.5 Å². The summed E-state index contributed by atoms with van der Waals surface area (Å²) in [7, 11) is -0.989. The van der Waals surface area contributed by atoms with Gasteiger partial charge >= 0.3 is 6.03 Å². The second kappa shape index (κ2) is 6.56. The predicted octanol–water partition coefficient (Wildman–Crippen LogP) is 1.84. The largest absolute Gasteiger partial charge is 0.371 e. The molecule has 22 heavy (non-hydrogen) atoms. The fraction of sp³-hybridized carbons (Fsp3) is 0.533. The van der Waals surface area contributed by atoms with Gasteiger partial charge in [-0.25, -0.2) is 13.2 Å². The Balaban J connectivity index is 1.98. The van der Waals surface area contributed by atoms with E-state index in [0.29, 0.717) is 12.1 Å². The zero-order valence-electron chi connectivity index (χ0n) is 13.2. The Morgan fingerprint density at radius 3 is 2.41 bits per heavy atom. The molecule has 1 saturated heterocycles. The molecular formula is C15H23N3O3S. The lowest BCUT2D eigenvalue weighted by atomic mass is 10.2. The van der Waals surface area contributed by atoms with Crippen molar-refractivity contribution in [2.24, 2.45) is 0 Å². The molecule has 7 heteroatoms. The minimum absolute atomic E-state index is 0.0213. The van der Waals surface area contributed by atoms with Crippen LogP contribution in [0.5, 0.6) is 0 Å². The van der Waals surface area contributed by atoms with E-state index in [-0.39, 0.29) is 29.6 Å². The number of carbonyl (C=O) groups is 1. The topological polar surface area (TPSA) is 78.5 Å². The molecule has 6 nitrogen and oxygen atoms in total. The average Bonchev–Trinajstić information content (AvgIpc) is 2.78. The number of benzene rings is 1. The Bertz CT molecular complexity index is 626. The summed E-state index contributed by atoms with van der Waals surface area (Å²) in [5.74, 6) is 0.470. The quantitative estimate of drug-likeness (QED) is 0.885. The Morgan fingerprint density at radius 1 is 1.27 bits per heavy atom. The molecule has 1 heterocycles. The number of hydrogen-bond donors (Lipinski definition) is 2. The maximum Gasteiger partial charge on any atom is 0.319 e. The molecule has 0 aliphatic carbocycles. The predicted molar refractivity (Wildman–Crippen MR) is 89.2 cm³/mol. The first-order chi connectivity index (χ1) is 10.3. The zero-order valence-corrected chi connectivity index (χ0v) is 14.0. The molecule has 1 aliphatic rings. The van der Waals surface area contributed by atoms with Gasteiger partial charge in [0.15, 0.2) is 9.84 Å². The first-order valence-corrected chi connectivity index (χ1v) is 9.20. The summed E-state index contributed by atoms with van der Waals surface area (Å²) in [5, 5.41) is 5.51. The van der Waals surface area contributed by atoms with Gasteiger partial charge in [-0.15, -0.1) is 0 Å². The Labute approximate surface area is 131 Å². The summed E-state index contributed by atoms with van der Waals surface area (Å²) in [6.45, 7) is 3.79. The lowest BCUT2D eigenvalue weighted by Crippen LogP contribution is -2.34. The van der Waals surface area contributed by atoms with Crippen molar-refractivity contribution in [3.63, 3.8) is 0 Å². The minimum atomic E-state index is -2.89. The summed E-state index contributed by atoms with van der Waals surface area (Å²) >= 11 is 0. The molecule has 0 radical (unpaired) electrons. The van der Waals surface area contributed by atoms with Crippen LogP contribution < -0.4 is 15.5 Å². The van der Waals surface area contributed by atoms with E-state index in [2.05, 4.69) is 10.6 Å². The van der Waals surface area contributed by atoms with Gasteiger partial charge in [-0.3, -0.25) is 0 Å². The van der Waals surface area contributed by atoms with Gasteiger partial charge in [0.25, 0.3) is 0 Å². The molecule has 122 valence electrons. The summed E-state index contributed by atoms with van der Waals surface area (Å²) in [5.41, 5.74) is 1.64. The van der Waals surface area contributed by atoms with Crippen molar-refractivity contribution < 1.29 is 13.2 Å². The fourth-order valence-electron chi connectivity index (χ4n) is 2.50. The Hall–Kier alpha value is -1.76. The molecule has 1 unspecified atom stereocenters. The fourth-order valence-corrected chi connectivity index (χ4v) is 4.28. The maximum absolute atomic E-state index is 11.6. The highest BCUT2D eigenvalue weighted by atomic mass is 32.2. The Morgan fingerprint density at radius 2 is 1.91 bits per heavy atom. The number of urea groups is 1. The second-order valence-corrected chi connectivity index (χ2v) is 8.20. The van der Waals surface area contributed by atoms with Gasteiger partial charge in [-0.1, -0.05) is 0 Å². The summed E-state index contributed by atoms with van der Waals surface area (Å²) in [4.78, 5) is 13.6. The SMILES string of the molecule is CC(C)NC(=O)Nc1ccc(N(C)C2CCS(=O)(=O)C2)cc1. The molecule has 0 spiro atoms. The van der Waals surface area contributed by atoms with Crippen molar-refractivity contribution in [2.75, 3.05) is 28.8 Å². The highest BCUT2D eigenvalue weighted by molar-refractivity contribution is 7.91. The lowest BCUT2D eigenvalue weighted by Gasteiger charge is -2.25. The van der Waals surface area contributed by atoms with Crippen molar-refractivity contribution >= 4 is 27.2 Å². The number of nitrogens with one attached hydrogen (secondary N) is 2. The first kappa shape index (κ1) is 16.6. The van der Waals surface area contributed by atoms with E-state index in [9.17, 15) is 13.2 Å². The van der Waals surface area contributed by atoms with Crippen molar-refractivity contribution in [3.8, 4) is 0 Å². The number of amides is 2. The van der Waals surface area contributed by atoms with Crippen LogP contribution >= 0.6 is 0 Å². The van der Waals surface area contributed by atoms with Crippen LogP contribution in [0.1, 0.15) is 20.3 Å². The molecule has 0 bridgehead atoms. The third-order valence-electron chi connectivity index (χ3n) is 3.71. The second-order valence-electron chi connectivity index (χ2n) is 5.97. The van der Waals surface area contributed by atoms with Gasteiger partial charge in [0, 0.05) is 30.5 Å². The maximum atomic E-state index is 11.6. The van der Waals surface area contributed by atoms with Gasteiger partial charge in [-0.05, 0) is 44.5 Å². The van der Waals surface area contributed by atoms with E-state index < -0.39 is 9.84 Å². The highest BCUT2D eigenvalue weighted by Crippen LogP contribution is 2.24. The molecule has 1 atom stereocenters. The summed E-state index contributed by atoms with van der Waals surface area (Å²) < 4.78 is 23.1. The molecule has 2 rings (SSSR count). The smallest absolute Gasteiger partial charge is 0.319 e. The van der Waals surface area contributed by atoms with Crippen LogP contribution in [0.25, 0.3) is 0 Å². The van der Waals surface area contributed by atoms with Crippen LogP contribution in [0.4, 0.5) is 16.2 Å². The number of sulfone groups is 1. The number of anilines is 2. The molecule has 1 aromatic rings. The minimum Gasteiger partial charge on any atom is -0.371 e. The first-order valence-electron chi connectivity index (χ1n) is 7.38. The van der Waals surface area contributed by atoms with Crippen LogP contribution in [-0.2, 0) is 9.84 Å². The van der Waals surface area contributed by atoms with E-state index in [1.165, 1.54) is 0 Å². The summed E-state index contributed by atoms with van der Waals surface area (Å²) in [6.07, 6.45) is 0.662. The standard InChI is InChI=1S/C15H23N3O3S/c1-11(2)16-15(19)17-12-4-6-13(7-5-12)18(3)14-8-9-22(20,21)10-14/h4-7,11,14H,8-10H2,1-3H3,(H2,16,17,19). The van der Waals surface area contributed by atoms with Crippen LogP contribution in [0.2, 0.25) is 0 Å². The summed E-state index contributed by atoms with van der Waals surface area (Å²) in [6, 6.07) is 7.26. The van der Waals surface area contributed by atoms with Crippen LogP contribution in [0.3, 0.4) is 0 Å². The molecule has 0 saturated carbocycles. The lowest BCUT2D eigenvalue weighted by molar-refractivity contribution is 0.250. The zero-order chi connectivity index (χ0) is 16.3. The number of hydrogen-bond acceptors (Lipinski definition) is 4. The van der Waals surface area contributed by atoms with Crippen molar-refractivity contribution in [1.29, 1.82) is 0 Å². The normalized spacial score (nSPS) is 19.9. The molecule has 2 N–H and O–H groups in total. The van der Waals surface area contributed by atoms with E-state index in [4.69, 9.17) is 0 Å². The van der Waals surface area contributed by atoms with Crippen LogP contribution in [0.15, 0.2) is 24.3 Å². The number of rotatable bonds is 4. The van der Waals surface area contributed by atoms with E-state index >= 15 is 0 Å². The van der Waals surface area contributed by atoms with Crippen molar-refractivity contribution in [2.45, 2.75) is 32.4 Å². The third kappa shape index (κ3) is 4.37. The van der Waals surface area contributed by atoms with Gasteiger partial charge in [0.2, 0.25) is 0 Å². The van der Waals surface area contributed by atoms with Gasteiger partial charge in [0.1, 0.15) is 0 Å². The third-order valence-corrected chi connectivity index (χ3v) is 5.46. The van der Waals surface area contributed by atoms with Crippen LogP contribution in [0, 0.1) is 0 Å². The number of nitrogens with zero attached hydrogens (tertiary/aromatic N) is 1. The highest BCUT2D eigenvalue weighted by Gasteiger charge is 2.30. The van der Waals surface area contributed by atoms with Gasteiger partial charge in [-0.2, -0.15) is 0 Å². The molecular weight excluding hydrogens is 302 g/mol. The molecule has 1 aromatic carbocycles. The molecule has 0 aromatic heterocycles. The monoisotopic (exact) mass is 325 g/mol. The van der Waals surface area contributed by atoms with Gasteiger partial charge < -0.3 is 15.5 Å². The number of carbonyl (C=O) groups excluding carboxylic acids is 1. The molecule has 1 aliphatic heterocycles.